The molecule has 18 heavy (non-hydrogen) atoms. The van der Waals surface area contributed by atoms with Gasteiger partial charge in [-0.05, 0) is 12.1 Å². The second-order valence-electron chi connectivity index (χ2n) is 3.76. The van der Waals surface area contributed by atoms with Crippen molar-refractivity contribution in [1.82, 2.24) is 4.98 Å². The summed E-state index contributed by atoms with van der Waals surface area (Å²) in [6, 6.07) is 1.76. The van der Waals surface area contributed by atoms with Crippen LogP contribution >= 0.6 is 0 Å². The van der Waals surface area contributed by atoms with Crippen molar-refractivity contribution in [3.05, 3.63) is 23.6 Å². The molecule has 98 valence electrons. The molecular weight excluding hydrogens is 249 g/mol. The molecule has 0 radical (unpaired) electrons. The topological polar surface area (TPSA) is 61.3 Å². The normalized spacial score (nSPS) is 12.2. The first kappa shape index (κ1) is 12.7. The van der Waals surface area contributed by atoms with Crippen molar-refractivity contribution < 1.29 is 22.3 Å². The lowest BCUT2D eigenvalue weighted by atomic mass is 10.1. The molecule has 0 aliphatic carbocycles. The van der Waals surface area contributed by atoms with Crippen LogP contribution in [0.15, 0.2) is 16.5 Å². The number of halogens is 3. The van der Waals surface area contributed by atoms with Gasteiger partial charge in [-0.1, -0.05) is 0 Å². The van der Waals surface area contributed by atoms with E-state index in [0.29, 0.717) is 18.9 Å². The van der Waals surface area contributed by atoms with E-state index in [-0.39, 0.29) is 16.8 Å². The molecule has 0 bridgehead atoms. The smallest absolute Gasteiger partial charge is 0.416 e. The number of aromatic nitrogens is 1. The Morgan fingerprint density at radius 3 is 2.72 bits per heavy atom. The number of ether oxygens (including phenoxy) is 1. The van der Waals surface area contributed by atoms with Crippen molar-refractivity contribution in [2.24, 2.45) is 0 Å². The summed E-state index contributed by atoms with van der Waals surface area (Å²) in [7, 11) is 1.51. The number of oxazole rings is 1. The maximum absolute atomic E-state index is 12.6. The average Bonchev–Trinajstić information content (AvgIpc) is 2.68. The van der Waals surface area contributed by atoms with E-state index in [2.05, 4.69) is 4.98 Å². The number of rotatable bonds is 3. The third-order valence-electron chi connectivity index (χ3n) is 2.41. The Labute approximate surface area is 101 Å². The molecule has 0 amide bonds. The zero-order chi connectivity index (χ0) is 13.3. The molecule has 1 aromatic heterocycles. The fourth-order valence-electron chi connectivity index (χ4n) is 1.56. The standard InChI is InChI=1S/C11H11F3N2O2/c1-17-3-2-9-16-8-5-6(11(12,13)14)4-7(15)10(8)18-9/h4-5H,2-3,15H2,1H3. The lowest BCUT2D eigenvalue weighted by Crippen LogP contribution is -2.05. The molecule has 0 fully saturated rings. The number of hydrogen-bond acceptors (Lipinski definition) is 4. The Morgan fingerprint density at radius 1 is 1.39 bits per heavy atom. The molecule has 0 atom stereocenters. The number of methoxy groups -OCH3 is 1. The minimum absolute atomic E-state index is 0.0732. The summed E-state index contributed by atoms with van der Waals surface area (Å²) in [5.74, 6) is 0.304. The van der Waals surface area contributed by atoms with Crippen LogP contribution in [0.3, 0.4) is 0 Å². The maximum Gasteiger partial charge on any atom is 0.416 e. The highest BCUT2D eigenvalue weighted by Gasteiger charge is 2.32. The van der Waals surface area contributed by atoms with Gasteiger partial charge >= 0.3 is 6.18 Å². The van der Waals surface area contributed by atoms with Crippen molar-refractivity contribution >= 4 is 16.8 Å². The molecule has 0 saturated heterocycles. The maximum atomic E-state index is 12.6. The van der Waals surface area contributed by atoms with Crippen molar-refractivity contribution in [2.45, 2.75) is 12.6 Å². The van der Waals surface area contributed by atoms with Crippen LogP contribution in [-0.2, 0) is 17.3 Å². The summed E-state index contributed by atoms with van der Waals surface area (Å²) in [5, 5.41) is 0. The number of fused-ring (bicyclic) bond motifs is 1. The summed E-state index contributed by atoms with van der Waals surface area (Å²) in [6.45, 7) is 0.374. The Hall–Kier alpha value is -1.76. The van der Waals surface area contributed by atoms with Crippen LogP contribution in [0.2, 0.25) is 0 Å². The third kappa shape index (κ3) is 2.40. The van der Waals surface area contributed by atoms with Crippen LogP contribution in [0, 0.1) is 0 Å². The minimum Gasteiger partial charge on any atom is -0.438 e. The van der Waals surface area contributed by atoms with E-state index in [9.17, 15) is 13.2 Å². The molecule has 0 saturated carbocycles. The van der Waals surface area contributed by atoms with E-state index < -0.39 is 11.7 Å². The SMILES string of the molecule is COCCc1nc2cc(C(F)(F)F)cc(N)c2o1. The van der Waals surface area contributed by atoms with Crippen LogP contribution in [0.4, 0.5) is 18.9 Å². The van der Waals surface area contributed by atoms with Gasteiger partial charge in [0.15, 0.2) is 11.5 Å². The van der Waals surface area contributed by atoms with Crippen LogP contribution in [0.1, 0.15) is 11.5 Å². The van der Waals surface area contributed by atoms with Crippen LogP contribution in [-0.4, -0.2) is 18.7 Å². The molecule has 2 aromatic rings. The summed E-state index contributed by atoms with van der Waals surface area (Å²) in [4.78, 5) is 3.96. The van der Waals surface area contributed by atoms with Gasteiger partial charge in [-0.15, -0.1) is 0 Å². The van der Waals surface area contributed by atoms with Crippen molar-refractivity contribution in [3.63, 3.8) is 0 Å². The number of anilines is 1. The third-order valence-corrected chi connectivity index (χ3v) is 2.41. The fourth-order valence-corrected chi connectivity index (χ4v) is 1.56. The van der Waals surface area contributed by atoms with Crippen LogP contribution in [0.25, 0.3) is 11.1 Å². The monoisotopic (exact) mass is 260 g/mol. The molecule has 0 unspecified atom stereocenters. The van der Waals surface area contributed by atoms with Crippen LogP contribution in [0.5, 0.6) is 0 Å². The predicted octanol–water partition coefficient (Wildman–Crippen LogP) is 2.62. The summed E-state index contributed by atoms with van der Waals surface area (Å²) in [5.41, 5.74) is 4.90. The summed E-state index contributed by atoms with van der Waals surface area (Å²) < 4.78 is 47.8. The van der Waals surface area contributed by atoms with Crippen molar-refractivity contribution in [1.29, 1.82) is 0 Å². The number of nitrogens with zero attached hydrogens (tertiary/aromatic N) is 1. The lowest BCUT2D eigenvalue weighted by Gasteiger charge is -2.06. The zero-order valence-corrected chi connectivity index (χ0v) is 9.54. The number of hydrogen-bond donors (Lipinski definition) is 1. The number of benzene rings is 1. The first-order valence-electron chi connectivity index (χ1n) is 5.17. The largest absolute Gasteiger partial charge is 0.438 e. The second-order valence-corrected chi connectivity index (χ2v) is 3.76. The van der Waals surface area contributed by atoms with Crippen molar-refractivity contribution in [3.8, 4) is 0 Å². The van der Waals surface area contributed by atoms with E-state index in [1.54, 1.807) is 0 Å². The number of alkyl halides is 3. The molecule has 0 aliphatic heterocycles. The Morgan fingerprint density at radius 2 is 2.11 bits per heavy atom. The van der Waals surface area contributed by atoms with E-state index in [4.69, 9.17) is 14.9 Å². The first-order valence-corrected chi connectivity index (χ1v) is 5.17. The zero-order valence-electron chi connectivity index (χ0n) is 9.54. The van der Waals surface area contributed by atoms with E-state index in [1.807, 2.05) is 0 Å². The van der Waals surface area contributed by atoms with Gasteiger partial charge in [0.1, 0.15) is 5.52 Å². The highest BCUT2D eigenvalue weighted by molar-refractivity contribution is 5.85. The Bertz CT molecular complexity index is 563. The summed E-state index contributed by atoms with van der Waals surface area (Å²) in [6.07, 6.45) is -4.07. The van der Waals surface area contributed by atoms with Crippen molar-refractivity contribution in [2.75, 3.05) is 19.5 Å². The minimum atomic E-state index is -4.45. The molecule has 0 spiro atoms. The molecule has 2 rings (SSSR count). The van der Waals surface area contributed by atoms with Gasteiger partial charge in [0.05, 0.1) is 17.9 Å². The molecule has 1 aromatic carbocycles. The summed E-state index contributed by atoms with van der Waals surface area (Å²) >= 11 is 0. The number of nitrogens with two attached hydrogens (primary N) is 1. The lowest BCUT2D eigenvalue weighted by molar-refractivity contribution is -0.137. The molecule has 0 aliphatic rings. The van der Waals surface area contributed by atoms with Crippen LogP contribution < -0.4 is 5.73 Å². The van der Waals surface area contributed by atoms with Gasteiger partial charge in [-0.2, -0.15) is 13.2 Å². The molecule has 4 nitrogen and oxygen atoms in total. The van der Waals surface area contributed by atoms with E-state index >= 15 is 0 Å². The molecular formula is C11H11F3N2O2. The van der Waals surface area contributed by atoms with Gasteiger partial charge in [0.25, 0.3) is 0 Å². The Balaban J connectivity index is 2.46. The highest BCUT2D eigenvalue weighted by Crippen LogP contribution is 2.34. The van der Waals surface area contributed by atoms with Gasteiger partial charge in [0, 0.05) is 13.5 Å². The number of nitrogen functional groups attached to an aromatic ring is 1. The fraction of sp³-hybridized carbons (Fsp3) is 0.364. The molecule has 7 heteroatoms. The van der Waals surface area contributed by atoms with Gasteiger partial charge in [-0.3, -0.25) is 0 Å². The van der Waals surface area contributed by atoms with Gasteiger partial charge in [-0.25, -0.2) is 4.98 Å². The van der Waals surface area contributed by atoms with E-state index in [1.165, 1.54) is 7.11 Å². The Kier molecular flexibility index (Phi) is 3.16. The quantitative estimate of drug-likeness (QED) is 0.862. The highest BCUT2D eigenvalue weighted by atomic mass is 19.4. The predicted molar refractivity (Wildman–Crippen MR) is 59.0 cm³/mol. The van der Waals surface area contributed by atoms with E-state index in [0.717, 1.165) is 12.1 Å². The average molecular weight is 260 g/mol. The second kappa shape index (κ2) is 4.49. The molecule has 2 N–H and O–H groups in total. The van der Waals surface area contributed by atoms with Gasteiger partial charge in [0.2, 0.25) is 0 Å². The first-order chi connectivity index (χ1) is 8.41. The molecule has 1 heterocycles. The van der Waals surface area contributed by atoms with Gasteiger partial charge < -0.3 is 14.9 Å².